The number of carbonyl (C=O) groups excluding carboxylic acids is 1. The zero-order valence-electron chi connectivity index (χ0n) is 12.0. The summed E-state index contributed by atoms with van der Waals surface area (Å²) in [7, 11) is 0. The van der Waals surface area contributed by atoms with Gasteiger partial charge in [0.15, 0.2) is 0 Å². The lowest BCUT2D eigenvalue weighted by atomic mass is 9.97. The molecule has 1 unspecified atom stereocenters. The predicted octanol–water partition coefficient (Wildman–Crippen LogP) is 2.18. The van der Waals surface area contributed by atoms with Crippen molar-refractivity contribution in [3.05, 3.63) is 29.3 Å². The zero-order chi connectivity index (χ0) is 15.3. The second-order valence-electron chi connectivity index (χ2n) is 5.32. The molecule has 5 heteroatoms. The van der Waals surface area contributed by atoms with Crippen LogP contribution in [0, 0.1) is 18.8 Å². The Morgan fingerprint density at radius 3 is 2.50 bits per heavy atom. The van der Waals surface area contributed by atoms with E-state index in [0.717, 1.165) is 0 Å². The van der Waals surface area contributed by atoms with Gasteiger partial charge in [-0.1, -0.05) is 19.9 Å². The number of carboxylic acid groups (broad SMARTS) is 1. The Hall–Kier alpha value is -2.04. The van der Waals surface area contributed by atoms with Crippen LogP contribution in [0.15, 0.2) is 18.2 Å². The number of aromatic hydroxyl groups is 1. The third kappa shape index (κ3) is 4.26. The van der Waals surface area contributed by atoms with E-state index in [1.54, 1.807) is 19.1 Å². The average molecular weight is 279 g/mol. The first-order chi connectivity index (χ1) is 9.32. The minimum Gasteiger partial charge on any atom is -0.508 e. The van der Waals surface area contributed by atoms with Crippen molar-refractivity contribution in [1.29, 1.82) is 0 Å². The number of carboxylic acids is 1. The van der Waals surface area contributed by atoms with Crippen LogP contribution in [-0.2, 0) is 4.79 Å². The third-order valence-electron chi connectivity index (χ3n) is 3.16. The van der Waals surface area contributed by atoms with Gasteiger partial charge in [-0.25, -0.2) is 0 Å². The summed E-state index contributed by atoms with van der Waals surface area (Å²) in [5.41, 5.74) is 0.847. The highest BCUT2D eigenvalue weighted by Gasteiger charge is 2.20. The van der Waals surface area contributed by atoms with Gasteiger partial charge in [-0.3, -0.25) is 9.59 Å². The van der Waals surface area contributed by atoms with Gasteiger partial charge in [0.05, 0.1) is 5.92 Å². The van der Waals surface area contributed by atoms with Gasteiger partial charge in [0.2, 0.25) is 0 Å². The van der Waals surface area contributed by atoms with Crippen molar-refractivity contribution < 1.29 is 19.8 Å². The summed E-state index contributed by atoms with van der Waals surface area (Å²) in [6.45, 7) is 5.61. The zero-order valence-corrected chi connectivity index (χ0v) is 12.0. The van der Waals surface area contributed by atoms with Crippen molar-refractivity contribution in [1.82, 2.24) is 5.32 Å². The molecule has 0 radical (unpaired) electrons. The van der Waals surface area contributed by atoms with Crippen LogP contribution in [0.25, 0.3) is 0 Å². The fourth-order valence-corrected chi connectivity index (χ4v) is 2.02. The van der Waals surface area contributed by atoms with E-state index in [2.05, 4.69) is 5.32 Å². The summed E-state index contributed by atoms with van der Waals surface area (Å²) < 4.78 is 0. The summed E-state index contributed by atoms with van der Waals surface area (Å²) in [5, 5.41) is 21.3. The van der Waals surface area contributed by atoms with Gasteiger partial charge in [-0.15, -0.1) is 0 Å². The molecule has 110 valence electrons. The van der Waals surface area contributed by atoms with Crippen LogP contribution in [0.5, 0.6) is 5.75 Å². The summed E-state index contributed by atoms with van der Waals surface area (Å²) in [5.74, 6) is -1.58. The Labute approximate surface area is 118 Å². The van der Waals surface area contributed by atoms with Crippen LogP contribution < -0.4 is 5.32 Å². The second kappa shape index (κ2) is 6.93. The molecule has 0 saturated carbocycles. The first-order valence-electron chi connectivity index (χ1n) is 6.62. The average Bonchev–Trinajstić information content (AvgIpc) is 2.36. The Balaban J connectivity index is 2.70. The van der Waals surface area contributed by atoms with Crippen molar-refractivity contribution in [3.8, 4) is 5.75 Å². The second-order valence-corrected chi connectivity index (χ2v) is 5.32. The Morgan fingerprint density at radius 2 is 1.95 bits per heavy atom. The molecule has 0 aliphatic carbocycles. The van der Waals surface area contributed by atoms with E-state index in [0.29, 0.717) is 17.5 Å². The first kappa shape index (κ1) is 16.0. The summed E-state index contributed by atoms with van der Waals surface area (Å²) in [6.07, 6.45) is 0.509. The molecular weight excluding hydrogens is 258 g/mol. The van der Waals surface area contributed by atoms with Gasteiger partial charge in [-0.05, 0) is 31.4 Å². The molecule has 0 saturated heterocycles. The first-order valence-corrected chi connectivity index (χ1v) is 6.62. The number of hydrogen-bond acceptors (Lipinski definition) is 3. The number of rotatable bonds is 6. The molecule has 0 aliphatic rings. The molecule has 0 heterocycles. The number of phenolic OH excluding ortho intramolecular Hbond substituents is 1. The van der Waals surface area contributed by atoms with Crippen molar-refractivity contribution in [2.75, 3.05) is 6.54 Å². The van der Waals surface area contributed by atoms with E-state index >= 15 is 0 Å². The Kier molecular flexibility index (Phi) is 5.55. The highest BCUT2D eigenvalue weighted by Crippen LogP contribution is 2.19. The van der Waals surface area contributed by atoms with Gasteiger partial charge in [0.1, 0.15) is 5.75 Å². The lowest BCUT2D eigenvalue weighted by Crippen LogP contribution is -2.34. The van der Waals surface area contributed by atoms with E-state index in [4.69, 9.17) is 5.11 Å². The summed E-state index contributed by atoms with van der Waals surface area (Å²) in [4.78, 5) is 23.1. The van der Waals surface area contributed by atoms with E-state index in [1.165, 1.54) is 6.07 Å². The fraction of sp³-hybridized carbons (Fsp3) is 0.467. The molecule has 1 rings (SSSR count). The summed E-state index contributed by atoms with van der Waals surface area (Å²) in [6, 6.07) is 4.69. The van der Waals surface area contributed by atoms with E-state index in [1.807, 2.05) is 13.8 Å². The Morgan fingerprint density at radius 1 is 1.30 bits per heavy atom. The van der Waals surface area contributed by atoms with Crippen molar-refractivity contribution >= 4 is 11.9 Å². The maximum Gasteiger partial charge on any atom is 0.308 e. The van der Waals surface area contributed by atoms with E-state index < -0.39 is 11.9 Å². The third-order valence-corrected chi connectivity index (χ3v) is 3.16. The standard InChI is InChI=1S/C15H21NO4/c1-9(2)7-11(15(19)20)8-16-14(18)12-5-4-6-13(17)10(12)3/h4-6,9,11,17H,7-8H2,1-3H3,(H,16,18)(H,19,20). The monoisotopic (exact) mass is 279 g/mol. The SMILES string of the molecule is Cc1c(O)cccc1C(=O)NCC(CC(C)C)C(=O)O. The molecule has 20 heavy (non-hydrogen) atoms. The molecule has 1 atom stereocenters. The molecule has 0 bridgehead atoms. The van der Waals surface area contributed by atoms with Crippen LogP contribution in [0.4, 0.5) is 0 Å². The van der Waals surface area contributed by atoms with Crippen LogP contribution in [0.2, 0.25) is 0 Å². The molecule has 0 aliphatic heterocycles. The molecule has 0 aromatic heterocycles. The van der Waals surface area contributed by atoms with Crippen molar-refractivity contribution in [2.45, 2.75) is 27.2 Å². The van der Waals surface area contributed by atoms with Crippen molar-refractivity contribution in [2.24, 2.45) is 11.8 Å². The van der Waals surface area contributed by atoms with Crippen LogP contribution >= 0.6 is 0 Å². The minimum atomic E-state index is -0.911. The highest BCUT2D eigenvalue weighted by molar-refractivity contribution is 5.96. The van der Waals surface area contributed by atoms with Gasteiger partial charge in [0.25, 0.3) is 5.91 Å². The van der Waals surface area contributed by atoms with E-state index in [-0.39, 0.29) is 24.1 Å². The minimum absolute atomic E-state index is 0.0506. The molecule has 0 spiro atoms. The molecule has 1 aromatic carbocycles. The quantitative estimate of drug-likeness (QED) is 0.745. The van der Waals surface area contributed by atoms with Gasteiger partial charge in [-0.2, -0.15) is 0 Å². The normalized spacial score (nSPS) is 12.2. The molecule has 3 N–H and O–H groups in total. The number of phenols is 1. The summed E-state index contributed by atoms with van der Waals surface area (Å²) >= 11 is 0. The largest absolute Gasteiger partial charge is 0.508 e. The maximum atomic E-state index is 12.0. The number of benzene rings is 1. The fourth-order valence-electron chi connectivity index (χ4n) is 2.02. The molecular formula is C15H21NO4. The van der Waals surface area contributed by atoms with E-state index in [9.17, 15) is 14.7 Å². The highest BCUT2D eigenvalue weighted by atomic mass is 16.4. The van der Waals surface area contributed by atoms with Crippen LogP contribution in [0.1, 0.15) is 36.2 Å². The molecule has 0 fully saturated rings. The maximum absolute atomic E-state index is 12.0. The predicted molar refractivity (Wildman–Crippen MR) is 75.8 cm³/mol. The lowest BCUT2D eigenvalue weighted by molar-refractivity contribution is -0.142. The Bertz CT molecular complexity index is 497. The van der Waals surface area contributed by atoms with Gasteiger partial charge >= 0.3 is 5.97 Å². The number of nitrogens with one attached hydrogen (secondary N) is 1. The van der Waals surface area contributed by atoms with Crippen LogP contribution in [-0.4, -0.2) is 28.6 Å². The smallest absolute Gasteiger partial charge is 0.308 e. The molecule has 1 aromatic rings. The lowest BCUT2D eigenvalue weighted by Gasteiger charge is -2.16. The number of aliphatic carboxylic acids is 1. The number of carbonyl (C=O) groups is 2. The van der Waals surface area contributed by atoms with Gasteiger partial charge in [0, 0.05) is 17.7 Å². The van der Waals surface area contributed by atoms with Gasteiger partial charge < -0.3 is 15.5 Å². The number of amides is 1. The van der Waals surface area contributed by atoms with Crippen LogP contribution in [0.3, 0.4) is 0 Å². The number of hydrogen-bond donors (Lipinski definition) is 3. The van der Waals surface area contributed by atoms with Crippen molar-refractivity contribution in [3.63, 3.8) is 0 Å². The molecule has 1 amide bonds. The molecule has 5 nitrogen and oxygen atoms in total. The topological polar surface area (TPSA) is 86.6 Å².